The predicted molar refractivity (Wildman–Crippen MR) is 76.9 cm³/mol. The number of aryl methyl sites for hydroxylation is 1. The van der Waals surface area contributed by atoms with Crippen LogP contribution in [0.3, 0.4) is 0 Å². The number of nitrogens with zero attached hydrogens (tertiary/aromatic N) is 3. The van der Waals surface area contributed by atoms with Gasteiger partial charge in [0.05, 0.1) is 5.33 Å². The maximum Gasteiger partial charge on any atom is 0.143 e. The third-order valence-corrected chi connectivity index (χ3v) is 3.42. The molecular weight excluding hydrogens is 290 g/mol. The quantitative estimate of drug-likeness (QED) is 0.792. The zero-order valence-electron chi connectivity index (χ0n) is 10.9. The molecule has 0 aliphatic heterocycles. The predicted octanol–water partition coefficient (Wildman–Crippen LogP) is 3.48. The Balaban J connectivity index is 2.25. The smallest absolute Gasteiger partial charge is 0.143 e. The standard InChI is InChI=1S/C14H18BrN3/c1-3-7-18-13(16-17-14(18)10-15)9-12-6-4-5-11(2)8-12/h4-6,8H,3,7,9-10H2,1-2H3. The largest absolute Gasteiger partial charge is 0.314 e. The van der Waals surface area contributed by atoms with Crippen LogP contribution in [0.5, 0.6) is 0 Å². The fourth-order valence-electron chi connectivity index (χ4n) is 2.09. The minimum Gasteiger partial charge on any atom is -0.314 e. The van der Waals surface area contributed by atoms with Gasteiger partial charge in [-0.05, 0) is 18.9 Å². The van der Waals surface area contributed by atoms with E-state index in [1.807, 2.05) is 0 Å². The van der Waals surface area contributed by atoms with Gasteiger partial charge in [-0.25, -0.2) is 0 Å². The van der Waals surface area contributed by atoms with Crippen molar-refractivity contribution in [3.63, 3.8) is 0 Å². The number of benzene rings is 1. The Kier molecular flexibility index (Phi) is 4.53. The minimum absolute atomic E-state index is 0.758. The molecule has 1 heterocycles. The summed E-state index contributed by atoms with van der Waals surface area (Å²) in [5, 5.41) is 9.31. The zero-order valence-corrected chi connectivity index (χ0v) is 12.4. The van der Waals surface area contributed by atoms with Crippen molar-refractivity contribution in [3.05, 3.63) is 47.0 Å². The molecule has 0 saturated heterocycles. The Morgan fingerprint density at radius 1 is 1.22 bits per heavy atom. The van der Waals surface area contributed by atoms with E-state index < -0.39 is 0 Å². The molecule has 96 valence electrons. The number of alkyl halides is 1. The van der Waals surface area contributed by atoms with Gasteiger partial charge in [0.1, 0.15) is 11.6 Å². The van der Waals surface area contributed by atoms with Crippen LogP contribution in [0.15, 0.2) is 24.3 Å². The summed E-state index contributed by atoms with van der Waals surface area (Å²) in [7, 11) is 0. The molecule has 2 aromatic rings. The summed E-state index contributed by atoms with van der Waals surface area (Å²) in [5.41, 5.74) is 2.58. The molecule has 0 saturated carbocycles. The number of aromatic nitrogens is 3. The van der Waals surface area contributed by atoms with E-state index in [9.17, 15) is 0 Å². The maximum absolute atomic E-state index is 4.31. The van der Waals surface area contributed by atoms with Gasteiger partial charge in [-0.2, -0.15) is 0 Å². The van der Waals surface area contributed by atoms with Crippen LogP contribution in [0.4, 0.5) is 0 Å². The first-order valence-electron chi connectivity index (χ1n) is 6.27. The molecule has 18 heavy (non-hydrogen) atoms. The van der Waals surface area contributed by atoms with Crippen molar-refractivity contribution in [2.75, 3.05) is 0 Å². The van der Waals surface area contributed by atoms with E-state index >= 15 is 0 Å². The van der Waals surface area contributed by atoms with Gasteiger partial charge >= 0.3 is 0 Å². The van der Waals surface area contributed by atoms with Crippen molar-refractivity contribution in [1.29, 1.82) is 0 Å². The number of hydrogen-bond acceptors (Lipinski definition) is 2. The summed E-state index contributed by atoms with van der Waals surface area (Å²) in [6.45, 7) is 5.27. The van der Waals surface area contributed by atoms with E-state index in [2.05, 4.69) is 68.8 Å². The van der Waals surface area contributed by atoms with Crippen molar-refractivity contribution in [3.8, 4) is 0 Å². The molecule has 3 nitrogen and oxygen atoms in total. The molecule has 0 bridgehead atoms. The van der Waals surface area contributed by atoms with Crippen LogP contribution in [0.2, 0.25) is 0 Å². The van der Waals surface area contributed by atoms with Gasteiger partial charge in [0, 0.05) is 13.0 Å². The normalized spacial score (nSPS) is 10.8. The fraction of sp³-hybridized carbons (Fsp3) is 0.429. The summed E-state index contributed by atoms with van der Waals surface area (Å²) in [4.78, 5) is 0. The van der Waals surface area contributed by atoms with Gasteiger partial charge in [-0.15, -0.1) is 10.2 Å². The average molecular weight is 308 g/mol. The molecule has 0 fully saturated rings. The Morgan fingerprint density at radius 2 is 2.00 bits per heavy atom. The van der Waals surface area contributed by atoms with Crippen LogP contribution in [0.1, 0.15) is 36.1 Å². The molecule has 0 N–H and O–H groups in total. The molecule has 0 aliphatic carbocycles. The summed E-state index contributed by atoms with van der Waals surface area (Å²) in [6, 6.07) is 8.56. The molecular formula is C14H18BrN3. The molecule has 4 heteroatoms. The van der Waals surface area contributed by atoms with Crippen LogP contribution in [-0.4, -0.2) is 14.8 Å². The van der Waals surface area contributed by atoms with Crippen molar-refractivity contribution in [2.45, 2.75) is 38.6 Å². The molecule has 1 aromatic carbocycles. The van der Waals surface area contributed by atoms with Crippen LogP contribution in [0, 0.1) is 6.92 Å². The Hall–Kier alpha value is -1.16. The Morgan fingerprint density at radius 3 is 2.67 bits per heavy atom. The van der Waals surface area contributed by atoms with Gasteiger partial charge in [0.15, 0.2) is 0 Å². The van der Waals surface area contributed by atoms with E-state index in [1.165, 1.54) is 11.1 Å². The van der Waals surface area contributed by atoms with Crippen LogP contribution in [0.25, 0.3) is 0 Å². The lowest BCUT2D eigenvalue weighted by atomic mass is 10.1. The van der Waals surface area contributed by atoms with Crippen LogP contribution >= 0.6 is 15.9 Å². The lowest BCUT2D eigenvalue weighted by Crippen LogP contribution is -2.07. The first kappa shape index (κ1) is 13.3. The molecule has 1 aromatic heterocycles. The Labute approximate surface area is 116 Å². The second kappa shape index (κ2) is 6.14. The highest BCUT2D eigenvalue weighted by molar-refractivity contribution is 9.08. The maximum atomic E-state index is 4.31. The summed E-state index contributed by atoms with van der Waals surface area (Å²) in [5.74, 6) is 2.07. The third kappa shape index (κ3) is 2.99. The van der Waals surface area contributed by atoms with E-state index in [0.29, 0.717) is 0 Å². The molecule has 0 unspecified atom stereocenters. The number of rotatable bonds is 5. The van der Waals surface area contributed by atoms with Crippen LogP contribution in [-0.2, 0) is 18.3 Å². The minimum atomic E-state index is 0.758. The highest BCUT2D eigenvalue weighted by Crippen LogP contribution is 2.13. The zero-order chi connectivity index (χ0) is 13.0. The second-order valence-electron chi connectivity index (χ2n) is 4.48. The topological polar surface area (TPSA) is 30.7 Å². The average Bonchev–Trinajstić information content (AvgIpc) is 2.72. The SMILES string of the molecule is CCCn1c(CBr)nnc1Cc1cccc(C)c1. The molecule has 0 atom stereocenters. The summed E-state index contributed by atoms with van der Waals surface area (Å²) in [6.07, 6.45) is 1.94. The number of halogens is 1. The van der Waals surface area contributed by atoms with E-state index in [-0.39, 0.29) is 0 Å². The van der Waals surface area contributed by atoms with E-state index in [0.717, 1.165) is 36.4 Å². The lowest BCUT2D eigenvalue weighted by molar-refractivity contribution is 0.628. The molecule has 0 aliphatic rings. The van der Waals surface area contributed by atoms with Gasteiger partial charge in [0.2, 0.25) is 0 Å². The molecule has 0 spiro atoms. The molecule has 0 amide bonds. The van der Waals surface area contributed by atoms with Crippen molar-refractivity contribution >= 4 is 15.9 Å². The van der Waals surface area contributed by atoms with E-state index in [4.69, 9.17) is 0 Å². The summed E-state index contributed by atoms with van der Waals surface area (Å²) >= 11 is 3.47. The monoisotopic (exact) mass is 307 g/mol. The van der Waals surface area contributed by atoms with Crippen molar-refractivity contribution in [2.24, 2.45) is 0 Å². The summed E-state index contributed by atoms with van der Waals surface area (Å²) < 4.78 is 2.22. The first-order valence-corrected chi connectivity index (χ1v) is 7.39. The van der Waals surface area contributed by atoms with E-state index in [1.54, 1.807) is 0 Å². The van der Waals surface area contributed by atoms with Crippen LogP contribution < -0.4 is 0 Å². The molecule has 2 rings (SSSR count). The number of hydrogen-bond donors (Lipinski definition) is 0. The Bertz CT molecular complexity index is 520. The fourth-order valence-corrected chi connectivity index (χ4v) is 2.50. The second-order valence-corrected chi connectivity index (χ2v) is 5.04. The highest BCUT2D eigenvalue weighted by atomic mass is 79.9. The highest BCUT2D eigenvalue weighted by Gasteiger charge is 2.10. The van der Waals surface area contributed by atoms with Gasteiger partial charge in [0.25, 0.3) is 0 Å². The van der Waals surface area contributed by atoms with Gasteiger partial charge in [-0.3, -0.25) is 0 Å². The van der Waals surface area contributed by atoms with Gasteiger partial charge < -0.3 is 4.57 Å². The first-order chi connectivity index (χ1) is 8.74. The lowest BCUT2D eigenvalue weighted by Gasteiger charge is -2.08. The third-order valence-electron chi connectivity index (χ3n) is 2.92. The molecule has 0 radical (unpaired) electrons. The van der Waals surface area contributed by atoms with Crippen molar-refractivity contribution < 1.29 is 0 Å². The van der Waals surface area contributed by atoms with Gasteiger partial charge in [-0.1, -0.05) is 52.7 Å². The van der Waals surface area contributed by atoms with Crippen molar-refractivity contribution in [1.82, 2.24) is 14.8 Å².